The average Bonchev–Trinajstić information content (AvgIpc) is 3.40. The van der Waals surface area contributed by atoms with Crippen LogP contribution in [0.2, 0.25) is 0 Å². The summed E-state index contributed by atoms with van der Waals surface area (Å²) in [4.78, 5) is 12.2. The zero-order valence-electron chi connectivity index (χ0n) is 15.1. The van der Waals surface area contributed by atoms with Gasteiger partial charge in [0.2, 0.25) is 11.0 Å². The molecule has 1 fully saturated rings. The molecular weight excluding hydrogens is 396 g/mol. The number of benzene rings is 1. The molecule has 0 atom stereocenters. The second kappa shape index (κ2) is 9.11. The Morgan fingerprint density at radius 2 is 2.00 bits per heavy atom. The maximum Gasteiger partial charge on any atom is 0.234 e. The number of nitrogens with one attached hydrogen (secondary N) is 2. The molecule has 1 aromatic carbocycles. The predicted octanol–water partition coefficient (Wildman–Crippen LogP) is 2.99. The van der Waals surface area contributed by atoms with Gasteiger partial charge in [-0.25, -0.2) is 4.68 Å². The molecule has 0 radical (unpaired) electrons. The highest BCUT2D eigenvalue weighted by molar-refractivity contribution is 8.01. The molecule has 1 amide bonds. The third-order valence-corrected chi connectivity index (χ3v) is 6.42. The molecule has 0 saturated heterocycles. The average molecular weight is 417 g/mol. The van der Waals surface area contributed by atoms with Gasteiger partial charge in [0.25, 0.3) is 0 Å². The molecule has 0 aliphatic heterocycles. The van der Waals surface area contributed by atoms with Gasteiger partial charge in [0, 0.05) is 11.7 Å². The summed E-state index contributed by atoms with van der Waals surface area (Å²) in [5, 5.41) is 26.6. The summed E-state index contributed by atoms with van der Waals surface area (Å²) in [6.07, 6.45) is 7.77. The van der Waals surface area contributed by atoms with Crippen LogP contribution in [-0.2, 0) is 4.79 Å². The molecule has 1 aliphatic carbocycles. The van der Waals surface area contributed by atoms with E-state index in [4.69, 9.17) is 0 Å². The SMILES string of the molecule is O=C(CSc1nnc(NC2CCCCC2)s1)Nc1ccc(-n2cnnn2)cc1. The van der Waals surface area contributed by atoms with Gasteiger partial charge in [0.15, 0.2) is 4.34 Å². The van der Waals surface area contributed by atoms with Crippen LogP contribution in [0.4, 0.5) is 10.8 Å². The Bertz CT molecular complexity index is 890. The van der Waals surface area contributed by atoms with Gasteiger partial charge in [-0.3, -0.25) is 4.79 Å². The number of aromatic nitrogens is 6. The number of thioether (sulfide) groups is 1. The molecule has 0 spiro atoms. The molecule has 2 heterocycles. The third-order valence-electron chi connectivity index (χ3n) is 4.43. The van der Waals surface area contributed by atoms with Crippen molar-refractivity contribution in [3.8, 4) is 5.69 Å². The molecule has 1 saturated carbocycles. The second-order valence-corrected chi connectivity index (χ2v) is 8.69. The van der Waals surface area contributed by atoms with E-state index >= 15 is 0 Å². The molecule has 4 rings (SSSR count). The topological polar surface area (TPSA) is 111 Å². The number of nitrogens with zero attached hydrogens (tertiary/aromatic N) is 6. The van der Waals surface area contributed by atoms with Crippen LogP contribution in [0.5, 0.6) is 0 Å². The highest BCUT2D eigenvalue weighted by Crippen LogP contribution is 2.28. The maximum atomic E-state index is 12.2. The van der Waals surface area contributed by atoms with Crippen molar-refractivity contribution in [1.29, 1.82) is 0 Å². The lowest BCUT2D eigenvalue weighted by atomic mass is 9.96. The van der Waals surface area contributed by atoms with E-state index in [9.17, 15) is 4.79 Å². The third kappa shape index (κ3) is 5.04. The number of carbonyl (C=O) groups excluding carboxylic acids is 1. The summed E-state index contributed by atoms with van der Waals surface area (Å²) in [7, 11) is 0. The lowest BCUT2D eigenvalue weighted by Gasteiger charge is -2.21. The molecule has 3 aromatic rings. The number of hydrogen-bond donors (Lipinski definition) is 2. The van der Waals surface area contributed by atoms with Gasteiger partial charge in [-0.05, 0) is 47.5 Å². The van der Waals surface area contributed by atoms with E-state index in [0.717, 1.165) is 20.8 Å². The Hall–Kier alpha value is -2.53. The normalized spacial score (nSPS) is 14.7. The van der Waals surface area contributed by atoms with Gasteiger partial charge in [-0.1, -0.05) is 42.4 Å². The highest BCUT2D eigenvalue weighted by atomic mass is 32.2. The van der Waals surface area contributed by atoms with E-state index in [1.54, 1.807) is 4.68 Å². The van der Waals surface area contributed by atoms with Crippen LogP contribution in [0.25, 0.3) is 5.69 Å². The Balaban J connectivity index is 1.24. The van der Waals surface area contributed by atoms with Crippen LogP contribution in [-0.4, -0.2) is 48.1 Å². The number of tetrazole rings is 1. The molecule has 2 aromatic heterocycles. The fourth-order valence-corrected chi connectivity index (χ4v) is 4.68. The van der Waals surface area contributed by atoms with Crippen LogP contribution in [0.3, 0.4) is 0 Å². The number of carbonyl (C=O) groups is 1. The van der Waals surface area contributed by atoms with Crippen molar-refractivity contribution in [2.75, 3.05) is 16.4 Å². The Morgan fingerprint density at radius 3 is 2.75 bits per heavy atom. The zero-order chi connectivity index (χ0) is 19.2. The number of rotatable bonds is 7. The number of anilines is 2. The molecular formula is C17H20N8OS2. The summed E-state index contributed by atoms with van der Waals surface area (Å²) in [6.45, 7) is 0. The quantitative estimate of drug-likeness (QED) is 0.566. The Kier molecular flexibility index (Phi) is 6.12. The minimum Gasteiger partial charge on any atom is -0.357 e. The van der Waals surface area contributed by atoms with Gasteiger partial charge < -0.3 is 10.6 Å². The summed E-state index contributed by atoms with van der Waals surface area (Å²) in [6, 6.07) is 7.81. The lowest BCUT2D eigenvalue weighted by Crippen LogP contribution is -2.21. The van der Waals surface area contributed by atoms with Gasteiger partial charge in [-0.15, -0.1) is 15.3 Å². The van der Waals surface area contributed by atoms with E-state index in [0.29, 0.717) is 6.04 Å². The molecule has 0 unspecified atom stereocenters. The van der Waals surface area contributed by atoms with Crippen molar-refractivity contribution in [1.82, 2.24) is 30.4 Å². The predicted molar refractivity (Wildman–Crippen MR) is 109 cm³/mol. The second-order valence-electron chi connectivity index (χ2n) is 6.49. The molecule has 146 valence electrons. The monoisotopic (exact) mass is 416 g/mol. The molecule has 1 aliphatic rings. The highest BCUT2D eigenvalue weighted by Gasteiger charge is 2.15. The molecule has 0 bridgehead atoms. The van der Waals surface area contributed by atoms with Gasteiger partial charge in [0.1, 0.15) is 6.33 Å². The smallest absolute Gasteiger partial charge is 0.234 e. The van der Waals surface area contributed by atoms with E-state index in [1.807, 2.05) is 24.3 Å². The molecule has 28 heavy (non-hydrogen) atoms. The Labute approximate surface area is 170 Å². The first kappa shape index (κ1) is 18.8. The van der Waals surface area contributed by atoms with Gasteiger partial charge >= 0.3 is 0 Å². The summed E-state index contributed by atoms with van der Waals surface area (Å²) in [5.41, 5.74) is 1.54. The molecule has 11 heteroatoms. The minimum atomic E-state index is -0.0860. The molecule has 9 nitrogen and oxygen atoms in total. The first-order valence-corrected chi connectivity index (χ1v) is 10.9. The van der Waals surface area contributed by atoms with Crippen LogP contribution in [0.15, 0.2) is 34.9 Å². The van der Waals surface area contributed by atoms with Crippen molar-refractivity contribution in [2.45, 2.75) is 42.5 Å². The first-order valence-electron chi connectivity index (χ1n) is 9.12. The summed E-state index contributed by atoms with van der Waals surface area (Å²) >= 11 is 2.90. The standard InChI is InChI=1S/C17H20N8OS2/c26-15(19-13-6-8-14(9-7-13)25-11-18-23-24-25)10-27-17-22-21-16(28-17)20-12-4-2-1-3-5-12/h6-9,11-12H,1-5,10H2,(H,19,26)(H,20,21). The van der Waals surface area contributed by atoms with Gasteiger partial charge in [0.05, 0.1) is 11.4 Å². The van der Waals surface area contributed by atoms with Crippen LogP contribution >= 0.6 is 23.1 Å². The maximum absolute atomic E-state index is 12.2. The fourth-order valence-electron chi connectivity index (χ4n) is 3.05. The number of hydrogen-bond acceptors (Lipinski definition) is 9. The van der Waals surface area contributed by atoms with Crippen LogP contribution < -0.4 is 10.6 Å². The van der Waals surface area contributed by atoms with Crippen molar-refractivity contribution >= 4 is 39.8 Å². The van der Waals surface area contributed by atoms with Crippen molar-refractivity contribution in [3.05, 3.63) is 30.6 Å². The summed E-state index contributed by atoms with van der Waals surface area (Å²) < 4.78 is 2.35. The minimum absolute atomic E-state index is 0.0860. The van der Waals surface area contributed by atoms with Crippen molar-refractivity contribution in [2.24, 2.45) is 0 Å². The fraction of sp³-hybridized carbons (Fsp3) is 0.412. The zero-order valence-corrected chi connectivity index (χ0v) is 16.7. The van der Waals surface area contributed by atoms with Gasteiger partial charge in [-0.2, -0.15) is 0 Å². The van der Waals surface area contributed by atoms with Crippen LogP contribution in [0, 0.1) is 0 Å². The largest absolute Gasteiger partial charge is 0.357 e. The lowest BCUT2D eigenvalue weighted by molar-refractivity contribution is -0.113. The van der Waals surface area contributed by atoms with E-state index in [-0.39, 0.29) is 11.7 Å². The molecule has 2 N–H and O–H groups in total. The summed E-state index contributed by atoms with van der Waals surface area (Å²) in [5.74, 6) is 0.199. The van der Waals surface area contributed by atoms with Crippen molar-refractivity contribution < 1.29 is 4.79 Å². The Morgan fingerprint density at radius 1 is 1.18 bits per heavy atom. The number of amides is 1. The van der Waals surface area contributed by atoms with E-state index in [1.165, 1.54) is 61.5 Å². The first-order chi connectivity index (χ1) is 13.8. The van der Waals surface area contributed by atoms with E-state index < -0.39 is 0 Å². The van der Waals surface area contributed by atoms with E-state index in [2.05, 4.69) is 36.4 Å². The van der Waals surface area contributed by atoms with Crippen molar-refractivity contribution in [3.63, 3.8) is 0 Å². The van der Waals surface area contributed by atoms with Crippen LogP contribution in [0.1, 0.15) is 32.1 Å².